The van der Waals surface area contributed by atoms with E-state index in [1.54, 1.807) is 36.5 Å². The largest absolute Gasteiger partial charge is 0.484 e. The number of pyridine rings is 1. The molecule has 0 aliphatic rings. The van der Waals surface area contributed by atoms with Crippen LogP contribution < -0.4 is 15.8 Å². The summed E-state index contributed by atoms with van der Waals surface area (Å²) < 4.78 is 5.21. The number of carbonyl (C=O) groups is 2. The Labute approximate surface area is 138 Å². The number of amides is 2. The number of nitrogens with two attached hydrogens (primary N) is 1. The summed E-state index contributed by atoms with van der Waals surface area (Å²) in [7, 11) is 0. The number of para-hydroxylation sites is 1. The minimum Gasteiger partial charge on any atom is -0.484 e. The van der Waals surface area contributed by atoms with Crippen LogP contribution in [0.1, 0.15) is 10.4 Å². The summed E-state index contributed by atoms with van der Waals surface area (Å²) in [5, 5.41) is 3.78. The molecule has 3 N–H and O–H groups in total. The van der Waals surface area contributed by atoms with Crippen molar-refractivity contribution in [2.75, 3.05) is 11.9 Å². The van der Waals surface area contributed by atoms with Crippen LogP contribution in [0.2, 0.25) is 0 Å². The number of ether oxygens (including phenoxy) is 1. The number of benzene rings is 2. The Kier molecular flexibility index (Phi) is 4.38. The van der Waals surface area contributed by atoms with E-state index in [1.807, 2.05) is 24.3 Å². The molecule has 120 valence electrons. The Morgan fingerprint density at radius 3 is 2.71 bits per heavy atom. The van der Waals surface area contributed by atoms with Crippen LogP contribution in [-0.2, 0) is 4.79 Å². The molecule has 0 aliphatic carbocycles. The highest BCUT2D eigenvalue weighted by Gasteiger charge is 2.10. The first-order valence-corrected chi connectivity index (χ1v) is 7.30. The Morgan fingerprint density at radius 1 is 1.08 bits per heavy atom. The quantitative estimate of drug-likeness (QED) is 0.754. The molecule has 2 amide bonds. The molecule has 0 radical (unpaired) electrons. The first-order valence-electron chi connectivity index (χ1n) is 7.30. The molecular formula is C18H15N3O3. The van der Waals surface area contributed by atoms with E-state index in [2.05, 4.69) is 10.3 Å². The molecular weight excluding hydrogens is 306 g/mol. The van der Waals surface area contributed by atoms with Crippen molar-refractivity contribution in [1.82, 2.24) is 4.98 Å². The number of anilines is 1. The van der Waals surface area contributed by atoms with E-state index >= 15 is 0 Å². The molecule has 0 fully saturated rings. The number of nitrogens with one attached hydrogen (secondary N) is 1. The molecule has 3 aromatic rings. The van der Waals surface area contributed by atoms with Crippen molar-refractivity contribution in [2.24, 2.45) is 5.73 Å². The second-order valence-corrected chi connectivity index (χ2v) is 5.12. The lowest BCUT2D eigenvalue weighted by Gasteiger charge is -2.09. The second kappa shape index (κ2) is 6.78. The SMILES string of the molecule is NC(=O)COc1cccc(C(=O)Nc2cccc3cccnc23)c1. The van der Waals surface area contributed by atoms with Gasteiger partial charge in [-0.3, -0.25) is 14.6 Å². The van der Waals surface area contributed by atoms with Crippen molar-refractivity contribution in [1.29, 1.82) is 0 Å². The Bertz CT molecular complexity index is 903. The van der Waals surface area contributed by atoms with Gasteiger partial charge in [-0.1, -0.05) is 24.3 Å². The molecule has 0 saturated carbocycles. The summed E-state index contributed by atoms with van der Waals surface area (Å²) in [6.07, 6.45) is 1.68. The van der Waals surface area contributed by atoms with Gasteiger partial charge in [-0.2, -0.15) is 0 Å². The van der Waals surface area contributed by atoms with Crippen LogP contribution in [0, 0.1) is 0 Å². The molecule has 0 saturated heterocycles. The van der Waals surface area contributed by atoms with Crippen molar-refractivity contribution >= 4 is 28.4 Å². The fourth-order valence-electron chi connectivity index (χ4n) is 2.28. The normalized spacial score (nSPS) is 10.3. The molecule has 0 unspecified atom stereocenters. The van der Waals surface area contributed by atoms with Crippen LogP contribution >= 0.6 is 0 Å². The van der Waals surface area contributed by atoms with Crippen molar-refractivity contribution in [3.63, 3.8) is 0 Å². The van der Waals surface area contributed by atoms with E-state index < -0.39 is 5.91 Å². The molecule has 2 aromatic carbocycles. The summed E-state index contributed by atoms with van der Waals surface area (Å²) in [5.41, 5.74) is 6.79. The molecule has 24 heavy (non-hydrogen) atoms. The van der Waals surface area contributed by atoms with Gasteiger partial charge < -0.3 is 15.8 Å². The zero-order valence-electron chi connectivity index (χ0n) is 12.7. The molecule has 6 nitrogen and oxygen atoms in total. The monoisotopic (exact) mass is 321 g/mol. The van der Waals surface area contributed by atoms with E-state index in [0.717, 1.165) is 10.9 Å². The zero-order chi connectivity index (χ0) is 16.9. The van der Waals surface area contributed by atoms with Gasteiger partial charge in [0, 0.05) is 17.1 Å². The van der Waals surface area contributed by atoms with Crippen molar-refractivity contribution in [3.8, 4) is 5.75 Å². The number of hydrogen-bond donors (Lipinski definition) is 2. The maximum absolute atomic E-state index is 12.5. The van der Waals surface area contributed by atoms with Gasteiger partial charge in [0.05, 0.1) is 11.2 Å². The lowest BCUT2D eigenvalue weighted by molar-refractivity contribution is -0.119. The van der Waals surface area contributed by atoms with Gasteiger partial charge in [-0.25, -0.2) is 0 Å². The highest BCUT2D eigenvalue weighted by molar-refractivity contribution is 6.08. The average molecular weight is 321 g/mol. The Hall–Kier alpha value is -3.41. The predicted molar refractivity (Wildman–Crippen MR) is 90.8 cm³/mol. The highest BCUT2D eigenvalue weighted by atomic mass is 16.5. The smallest absolute Gasteiger partial charge is 0.255 e. The lowest BCUT2D eigenvalue weighted by Crippen LogP contribution is -2.20. The number of hydrogen-bond acceptors (Lipinski definition) is 4. The molecule has 0 aliphatic heterocycles. The maximum atomic E-state index is 12.5. The third-order valence-electron chi connectivity index (χ3n) is 3.36. The average Bonchev–Trinajstić information content (AvgIpc) is 2.60. The standard InChI is InChI=1S/C18H15N3O3/c19-16(22)11-24-14-7-1-5-13(10-14)18(23)21-15-8-2-4-12-6-3-9-20-17(12)15/h1-10H,11H2,(H2,19,22)(H,21,23). The minimum absolute atomic E-state index is 0.238. The molecule has 0 atom stereocenters. The first-order chi connectivity index (χ1) is 11.6. The third-order valence-corrected chi connectivity index (χ3v) is 3.36. The number of aromatic nitrogens is 1. The Balaban J connectivity index is 1.82. The minimum atomic E-state index is -0.577. The summed E-state index contributed by atoms with van der Waals surface area (Å²) in [6.45, 7) is -0.238. The highest BCUT2D eigenvalue weighted by Crippen LogP contribution is 2.22. The summed E-state index contributed by atoms with van der Waals surface area (Å²) in [4.78, 5) is 27.5. The second-order valence-electron chi connectivity index (χ2n) is 5.12. The molecule has 3 rings (SSSR count). The maximum Gasteiger partial charge on any atom is 0.255 e. The molecule has 0 bridgehead atoms. The number of rotatable bonds is 5. The fraction of sp³-hybridized carbons (Fsp3) is 0.0556. The number of carbonyl (C=O) groups excluding carboxylic acids is 2. The van der Waals surface area contributed by atoms with E-state index in [4.69, 9.17) is 10.5 Å². The van der Waals surface area contributed by atoms with Crippen molar-refractivity contribution < 1.29 is 14.3 Å². The number of primary amides is 1. The van der Waals surface area contributed by atoms with E-state index in [0.29, 0.717) is 17.0 Å². The van der Waals surface area contributed by atoms with Gasteiger partial charge in [-0.15, -0.1) is 0 Å². The van der Waals surface area contributed by atoms with E-state index in [1.165, 1.54) is 0 Å². The van der Waals surface area contributed by atoms with Crippen LogP contribution in [0.15, 0.2) is 60.8 Å². The van der Waals surface area contributed by atoms with Gasteiger partial charge in [0.15, 0.2) is 6.61 Å². The van der Waals surface area contributed by atoms with Crippen LogP contribution in [0.4, 0.5) is 5.69 Å². The summed E-state index contributed by atoms with van der Waals surface area (Å²) in [6, 6.07) is 15.9. The molecule has 0 spiro atoms. The number of fused-ring (bicyclic) bond motifs is 1. The van der Waals surface area contributed by atoms with Crippen LogP contribution in [-0.4, -0.2) is 23.4 Å². The van der Waals surface area contributed by atoms with E-state index in [9.17, 15) is 9.59 Å². The molecule has 1 aromatic heterocycles. The van der Waals surface area contributed by atoms with E-state index in [-0.39, 0.29) is 12.5 Å². The van der Waals surface area contributed by atoms with Gasteiger partial charge in [0.25, 0.3) is 11.8 Å². The lowest BCUT2D eigenvalue weighted by atomic mass is 10.1. The molecule has 6 heteroatoms. The topological polar surface area (TPSA) is 94.3 Å². The zero-order valence-corrected chi connectivity index (χ0v) is 12.7. The summed E-state index contributed by atoms with van der Waals surface area (Å²) in [5.74, 6) is -0.471. The first kappa shape index (κ1) is 15.5. The van der Waals surface area contributed by atoms with Crippen LogP contribution in [0.5, 0.6) is 5.75 Å². The van der Waals surface area contributed by atoms with Crippen molar-refractivity contribution in [3.05, 3.63) is 66.4 Å². The van der Waals surface area contributed by atoms with Crippen LogP contribution in [0.25, 0.3) is 10.9 Å². The number of nitrogens with zero attached hydrogens (tertiary/aromatic N) is 1. The molecule has 1 heterocycles. The van der Waals surface area contributed by atoms with Crippen molar-refractivity contribution in [2.45, 2.75) is 0 Å². The third kappa shape index (κ3) is 3.49. The van der Waals surface area contributed by atoms with Gasteiger partial charge in [0.1, 0.15) is 5.75 Å². The fourth-order valence-corrected chi connectivity index (χ4v) is 2.28. The van der Waals surface area contributed by atoms with Crippen LogP contribution in [0.3, 0.4) is 0 Å². The Morgan fingerprint density at radius 2 is 1.88 bits per heavy atom. The van der Waals surface area contributed by atoms with Gasteiger partial charge >= 0.3 is 0 Å². The predicted octanol–water partition coefficient (Wildman–Crippen LogP) is 2.35. The summed E-state index contributed by atoms with van der Waals surface area (Å²) >= 11 is 0. The van der Waals surface area contributed by atoms with Gasteiger partial charge in [0.2, 0.25) is 0 Å². The van der Waals surface area contributed by atoms with Gasteiger partial charge in [-0.05, 0) is 30.3 Å².